The molecular formula is C56H97NO5. The van der Waals surface area contributed by atoms with Crippen LogP contribution in [0.15, 0.2) is 85.1 Å². The molecule has 0 radical (unpaired) electrons. The number of aliphatic hydroxyl groups excluding tert-OH is 2. The lowest BCUT2D eigenvalue weighted by atomic mass is 10.0. The number of allylic oxidation sites excluding steroid dienone is 14. The van der Waals surface area contributed by atoms with E-state index < -0.39 is 18.2 Å². The van der Waals surface area contributed by atoms with Gasteiger partial charge in [-0.1, -0.05) is 215 Å². The zero-order chi connectivity index (χ0) is 45.2. The molecule has 0 aromatic heterocycles. The molecule has 0 bridgehead atoms. The fraction of sp³-hybridized carbons (Fsp3) is 0.714. The van der Waals surface area contributed by atoms with Crippen LogP contribution in [0.25, 0.3) is 0 Å². The highest BCUT2D eigenvalue weighted by atomic mass is 16.5. The first-order valence-electron chi connectivity index (χ1n) is 25.8. The van der Waals surface area contributed by atoms with Gasteiger partial charge in [-0.2, -0.15) is 0 Å². The lowest BCUT2D eigenvalue weighted by molar-refractivity contribution is -0.151. The predicted octanol–water partition coefficient (Wildman–Crippen LogP) is 15.6. The second-order valence-electron chi connectivity index (χ2n) is 17.3. The fourth-order valence-corrected chi connectivity index (χ4v) is 7.31. The monoisotopic (exact) mass is 864 g/mol. The SMILES string of the molecule is CCCCC/C=C\C/C=C\C/C=C\C/C=C\CCCC(=O)OC(CCCCC/C=C/C=C/C=C/CCCCCCC)CC(=O)NC(CO)C(O)CCCCCCCCCCCC. The third-order valence-corrected chi connectivity index (χ3v) is 11.3. The fourth-order valence-electron chi connectivity index (χ4n) is 7.31. The van der Waals surface area contributed by atoms with Gasteiger partial charge in [0.05, 0.1) is 25.2 Å². The van der Waals surface area contributed by atoms with Crippen molar-refractivity contribution in [1.29, 1.82) is 0 Å². The Morgan fingerprint density at radius 2 is 0.887 bits per heavy atom. The lowest BCUT2D eigenvalue weighted by Gasteiger charge is -2.24. The van der Waals surface area contributed by atoms with Crippen molar-refractivity contribution < 1.29 is 24.5 Å². The highest BCUT2D eigenvalue weighted by molar-refractivity contribution is 5.77. The topological polar surface area (TPSA) is 95.9 Å². The van der Waals surface area contributed by atoms with E-state index in [0.717, 1.165) is 77.0 Å². The van der Waals surface area contributed by atoms with Crippen LogP contribution in [0.4, 0.5) is 0 Å². The smallest absolute Gasteiger partial charge is 0.306 e. The molecule has 0 heterocycles. The molecule has 356 valence electrons. The molecule has 1 amide bonds. The van der Waals surface area contributed by atoms with Crippen molar-refractivity contribution in [2.24, 2.45) is 0 Å². The molecule has 0 aliphatic heterocycles. The minimum atomic E-state index is -0.809. The molecule has 3 atom stereocenters. The molecule has 6 nitrogen and oxygen atoms in total. The number of ether oxygens (including phenoxy) is 1. The summed E-state index contributed by atoms with van der Waals surface area (Å²) in [6, 6.07) is -0.727. The molecule has 0 rings (SSSR count). The Morgan fingerprint density at radius 3 is 1.42 bits per heavy atom. The second-order valence-corrected chi connectivity index (χ2v) is 17.3. The van der Waals surface area contributed by atoms with Crippen molar-refractivity contribution in [2.75, 3.05) is 6.61 Å². The van der Waals surface area contributed by atoms with Gasteiger partial charge < -0.3 is 20.3 Å². The standard InChI is InChI=1S/C56H97NO5/c1-4-7-10-13-16-19-22-24-26-28-30-32-34-37-40-43-46-49-56(61)62-52(47-44-41-38-35-33-31-29-27-25-23-20-17-14-11-8-5-2)50-55(60)57-53(51-58)54(59)48-45-42-39-36-21-18-15-12-9-6-3/h16,19,23-27,29-33,37,40,52-54,58-59H,4-15,17-18,20-22,28,34-36,38-39,41-51H2,1-3H3,(H,57,60)/b19-16-,25-23+,26-24-,29-27+,32-30-,33-31+,40-37-. The van der Waals surface area contributed by atoms with Crippen LogP contribution >= 0.6 is 0 Å². The zero-order valence-electron chi connectivity index (χ0n) is 40.5. The van der Waals surface area contributed by atoms with E-state index in [4.69, 9.17) is 4.74 Å². The zero-order valence-corrected chi connectivity index (χ0v) is 40.5. The van der Waals surface area contributed by atoms with E-state index in [1.54, 1.807) is 0 Å². The third kappa shape index (κ3) is 43.7. The van der Waals surface area contributed by atoms with Gasteiger partial charge in [-0.25, -0.2) is 0 Å². The summed E-state index contributed by atoms with van der Waals surface area (Å²) in [5, 5.41) is 23.7. The van der Waals surface area contributed by atoms with Gasteiger partial charge in [0.1, 0.15) is 6.10 Å². The van der Waals surface area contributed by atoms with Gasteiger partial charge in [-0.05, 0) is 89.9 Å². The normalized spacial score (nSPS) is 14.0. The number of rotatable bonds is 45. The number of carbonyl (C=O) groups excluding carboxylic acids is 2. The Kier molecular flexibility index (Phi) is 46.7. The molecule has 0 aliphatic rings. The lowest BCUT2D eigenvalue weighted by Crippen LogP contribution is -2.46. The van der Waals surface area contributed by atoms with Gasteiger partial charge in [0, 0.05) is 6.42 Å². The number of carbonyl (C=O) groups is 2. The molecule has 0 saturated carbocycles. The summed E-state index contributed by atoms with van der Waals surface area (Å²) < 4.78 is 5.89. The number of amides is 1. The van der Waals surface area contributed by atoms with E-state index in [1.165, 1.54) is 103 Å². The first-order chi connectivity index (χ1) is 30.5. The van der Waals surface area contributed by atoms with Gasteiger partial charge in [-0.15, -0.1) is 0 Å². The van der Waals surface area contributed by atoms with Crippen LogP contribution in [-0.2, 0) is 14.3 Å². The van der Waals surface area contributed by atoms with Crippen molar-refractivity contribution in [3.8, 4) is 0 Å². The van der Waals surface area contributed by atoms with Gasteiger partial charge in [0.15, 0.2) is 0 Å². The van der Waals surface area contributed by atoms with Crippen LogP contribution in [0.2, 0.25) is 0 Å². The maximum atomic E-state index is 13.2. The molecule has 62 heavy (non-hydrogen) atoms. The highest BCUT2D eigenvalue weighted by Gasteiger charge is 2.24. The molecule has 3 N–H and O–H groups in total. The molecule has 6 heteroatoms. The maximum Gasteiger partial charge on any atom is 0.306 e. The largest absolute Gasteiger partial charge is 0.462 e. The predicted molar refractivity (Wildman–Crippen MR) is 268 cm³/mol. The molecule has 0 aromatic carbocycles. The van der Waals surface area contributed by atoms with Crippen LogP contribution in [0, 0.1) is 0 Å². The Balaban J connectivity index is 4.77. The number of unbranched alkanes of at least 4 members (excludes halogenated alkanes) is 21. The van der Waals surface area contributed by atoms with Crippen LogP contribution in [-0.4, -0.2) is 46.9 Å². The quantitative estimate of drug-likeness (QED) is 0.0245. The van der Waals surface area contributed by atoms with Crippen LogP contribution in [0.5, 0.6) is 0 Å². The molecule has 0 fully saturated rings. The minimum absolute atomic E-state index is 0.0291. The first-order valence-corrected chi connectivity index (χ1v) is 25.8. The molecule has 0 saturated heterocycles. The average Bonchev–Trinajstić information content (AvgIpc) is 3.26. The van der Waals surface area contributed by atoms with Gasteiger partial charge in [0.25, 0.3) is 0 Å². The Morgan fingerprint density at radius 1 is 0.484 bits per heavy atom. The summed E-state index contributed by atoms with van der Waals surface area (Å²) in [6.07, 6.45) is 63.6. The highest BCUT2D eigenvalue weighted by Crippen LogP contribution is 2.16. The Bertz CT molecular complexity index is 1200. The van der Waals surface area contributed by atoms with Crippen LogP contribution in [0.1, 0.15) is 233 Å². The number of esters is 1. The number of nitrogens with one attached hydrogen (secondary N) is 1. The number of hydrogen-bond acceptors (Lipinski definition) is 5. The van der Waals surface area contributed by atoms with Crippen LogP contribution < -0.4 is 5.32 Å². The van der Waals surface area contributed by atoms with Crippen molar-refractivity contribution in [1.82, 2.24) is 5.32 Å². The Hall–Kier alpha value is -2.96. The molecule has 0 aliphatic carbocycles. The van der Waals surface area contributed by atoms with E-state index in [-0.39, 0.29) is 24.9 Å². The van der Waals surface area contributed by atoms with E-state index in [9.17, 15) is 19.8 Å². The molecular weight excluding hydrogens is 767 g/mol. The molecule has 0 aromatic rings. The second kappa shape index (κ2) is 49.1. The van der Waals surface area contributed by atoms with E-state index in [1.807, 2.05) is 0 Å². The molecule has 3 unspecified atom stereocenters. The van der Waals surface area contributed by atoms with E-state index in [0.29, 0.717) is 25.7 Å². The van der Waals surface area contributed by atoms with E-state index in [2.05, 4.69) is 111 Å². The number of aliphatic hydroxyl groups is 2. The van der Waals surface area contributed by atoms with Crippen molar-refractivity contribution in [2.45, 2.75) is 251 Å². The summed E-state index contributed by atoms with van der Waals surface area (Å²) in [7, 11) is 0. The summed E-state index contributed by atoms with van der Waals surface area (Å²) in [5.74, 6) is -0.580. The number of hydrogen-bond donors (Lipinski definition) is 3. The first kappa shape index (κ1) is 59.0. The van der Waals surface area contributed by atoms with Crippen molar-refractivity contribution >= 4 is 11.9 Å². The minimum Gasteiger partial charge on any atom is -0.462 e. The van der Waals surface area contributed by atoms with Gasteiger partial charge in [-0.3, -0.25) is 9.59 Å². The average molecular weight is 864 g/mol. The van der Waals surface area contributed by atoms with E-state index >= 15 is 0 Å². The summed E-state index contributed by atoms with van der Waals surface area (Å²) in [4.78, 5) is 26.1. The van der Waals surface area contributed by atoms with Gasteiger partial charge >= 0.3 is 5.97 Å². The van der Waals surface area contributed by atoms with Crippen molar-refractivity contribution in [3.05, 3.63) is 85.1 Å². The summed E-state index contributed by atoms with van der Waals surface area (Å²) in [6.45, 7) is 6.40. The maximum absolute atomic E-state index is 13.2. The molecule has 0 spiro atoms. The Labute approximate surface area is 383 Å². The van der Waals surface area contributed by atoms with Crippen LogP contribution in [0.3, 0.4) is 0 Å². The van der Waals surface area contributed by atoms with Gasteiger partial charge in [0.2, 0.25) is 5.91 Å². The summed E-state index contributed by atoms with van der Waals surface area (Å²) in [5.41, 5.74) is 0. The third-order valence-electron chi connectivity index (χ3n) is 11.3. The summed E-state index contributed by atoms with van der Waals surface area (Å²) >= 11 is 0. The van der Waals surface area contributed by atoms with Crippen molar-refractivity contribution in [3.63, 3.8) is 0 Å².